The van der Waals surface area contributed by atoms with Crippen LogP contribution in [0, 0.1) is 0 Å². The van der Waals surface area contributed by atoms with Crippen molar-refractivity contribution in [2.24, 2.45) is 0 Å². The Morgan fingerprint density at radius 3 is 1.82 bits per heavy atom. The second kappa shape index (κ2) is 11.4. The van der Waals surface area contributed by atoms with E-state index in [1.165, 1.54) is 21.9 Å². The van der Waals surface area contributed by atoms with Gasteiger partial charge >= 0.3 is 0 Å². The minimum Gasteiger partial charge on any atom is -0.455 e. The van der Waals surface area contributed by atoms with Crippen molar-refractivity contribution in [1.82, 2.24) is 14.5 Å². The Hall–Kier alpha value is -6.78. The van der Waals surface area contributed by atoms with Crippen molar-refractivity contribution in [3.05, 3.63) is 176 Å². The largest absolute Gasteiger partial charge is 0.455 e. The summed E-state index contributed by atoms with van der Waals surface area (Å²) in [5.74, 6) is 0.623. The Balaban J connectivity index is 1.20. The molecule has 10 rings (SSSR count). The normalized spacial score (nSPS) is 11.6. The average molecular weight is 640 g/mol. The van der Waals surface area contributed by atoms with Gasteiger partial charge in [-0.15, -0.1) is 0 Å². The number of hydrogen-bond acceptors (Lipinski definition) is 3. The van der Waals surface area contributed by atoms with Gasteiger partial charge in [0, 0.05) is 38.4 Å². The van der Waals surface area contributed by atoms with Crippen molar-refractivity contribution < 1.29 is 4.42 Å². The first-order valence-electron chi connectivity index (χ1n) is 16.8. The maximum absolute atomic E-state index is 6.47. The molecule has 0 aliphatic rings. The lowest BCUT2D eigenvalue weighted by atomic mass is 10.0. The average Bonchev–Trinajstić information content (AvgIpc) is 3.74. The van der Waals surface area contributed by atoms with E-state index in [1.807, 2.05) is 24.3 Å². The first kappa shape index (κ1) is 28.3. The van der Waals surface area contributed by atoms with Crippen LogP contribution in [0.25, 0.3) is 94.5 Å². The smallest absolute Gasteiger partial charge is 0.164 e. The van der Waals surface area contributed by atoms with E-state index in [2.05, 4.69) is 156 Å². The molecule has 0 N–H and O–H groups in total. The number of nitrogens with zero attached hydrogens (tertiary/aromatic N) is 3. The Morgan fingerprint density at radius 2 is 1.00 bits per heavy atom. The summed E-state index contributed by atoms with van der Waals surface area (Å²) in [6, 6.07) is 61.4. The third kappa shape index (κ3) is 4.61. The van der Waals surface area contributed by atoms with Crippen molar-refractivity contribution in [3.63, 3.8) is 0 Å². The highest BCUT2D eigenvalue weighted by molar-refractivity contribution is 6.11. The molecule has 3 heterocycles. The van der Waals surface area contributed by atoms with Crippen molar-refractivity contribution in [2.75, 3.05) is 0 Å². The monoisotopic (exact) mass is 639 g/mol. The number of hydrogen-bond donors (Lipinski definition) is 0. The topological polar surface area (TPSA) is 43.9 Å². The molecule has 0 aliphatic heterocycles. The van der Waals surface area contributed by atoms with Crippen LogP contribution in [0.2, 0.25) is 0 Å². The molecular weight excluding hydrogens is 611 g/mol. The van der Waals surface area contributed by atoms with Crippen LogP contribution in [-0.4, -0.2) is 14.5 Å². The molecule has 4 nitrogen and oxygen atoms in total. The Morgan fingerprint density at radius 1 is 0.400 bits per heavy atom. The number of benzene rings is 7. The van der Waals surface area contributed by atoms with E-state index in [0.717, 1.165) is 66.8 Å². The van der Waals surface area contributed by atoms with Gasteiger partial charge in [0.1, 0.15) is 11.2 Å². The van der Waals surface area contributed by atoms with Gasteiger partial charge in [-0.2, -0.15) is 0 Å². The molecule has 4 heteroatoms. The van der Waals surface area contributed by atoms with Gasteiger partial charge in [-0.25, -0.2) is 9.97 Å². The summed E-state index contributed by atoms with van der Waals surface area (Å²) in [6.07, 6.45) is 0. The summed E-state index contributed by atoms with van der Waals surface area (Å²) in [5.41, 5.74) is 12.0. The molecule has 0 aliphatic carbocycles. The standard InChI is InChI=1S/C46H29N3O/c1-3-12-30(13-4-1)31-22-24-32(25-23-31)40-29-41(48-46(47-40)39-19-11-18-38-37-17-8-10-21-44(37)50-45(38)39)33-26-27-36-35-16-7-9-20-42(35)49(43(36)28-33)34-14-5-2-6-15-34/h1-29H. The number of aromatic nitrogens is 3. The number of rotatable bonds is 5. The molecule has 0 atom stereocenters. The molecule has 0 amide bonds. The van der Waals surface area contributed by atoms with Gasteiger partial charge in [0.05, 0.1) is 28.0 Å². The molecule has 0 unspecified atom stereocenters. The lowest BCUT2D eigenvalue weighted by Crippen LogP contribution is -1.97. The molecule has 0 fully saturated rings. The van der Waals surface area contributed by atoms with Crippen LogP contribution in [0.1, 0.15) is 0 Å². The zero-order valence-electron chi connectivity index (χ0n) is 27.0. The molecule has 0 saturated heterocycles. The van der Waals surface area contributed by atoms with Crippen molar-refractivity contribution >= 4 is 43.7 Å². The maximum Gasteiger partial charge on any atom is 0.164 e. The number of para-hydroxylation sites is 4. The Bertz CT molecular complexity index is 2850. The van der Waals surface area contributed by atoms with Gasteiger partial charge in [0.2, 0.25) is 0 Å². The van der Waals surface area contributed by atoms with E-state index < -0.39 is 0 Å². The van der Waals surface area contributed by atoms with Crippen LogP contribution < -0.4 is 0 Å². The molecule has 10 aromatic rings. The summed E-state index contributed by atoms with van der Waals surface area (Å²) in [7, 11) is 0. The maximum atomic E-state index is 6.47. The molecule has 0 spiro atoms. The van der Waals surface area contributed by atoms with E-state index in [0.29, 0.717) is 5.82 Å². The van der Waals surface area contributed by atoms with Gasteiger partial charge in [-0.05, 0) is 53.6 Å². The quantitative estimate of drug-likeness (QED) is 0.188. The highest BCUT2D eigenvalue weighted by Gasteiger charge is 2.18. The van der Waals surface area contributed by atoms with Crippen molar-refractivity contribution in [3.8, 4) is 50.7 Å². The molecule has 234 valence electrons. The predicted octanol–water partition coefficient (Wildman–Crippen LogP) is 12.1. The lowest BCUT2D eigenvalue weighted by Gasteiger charge is -2.12. The molecule has 0 saturated carbocycles. The third-order valence-electron chi connectivity index (χ3n) is 9.64. The summed E-state index contributed by atoms with van der Waals surface area (Å²) in [6.45, 7) is 0. The molecular formula is C46H29N3O. The van der Waals surface area contributed by atoms with E-state index in [-0.39, 0.29) is 0 Å². The Labute approximate surface area is 288 Å². The summed E-state index contributed by atoms with van der Waals surface area (Å²) >= 11 is 0. The first-order valence-corrected chi connectivity index (χ1v) is 16.8. The summed E-state index contributed by atoms with van der Waals surface area (Å²) in [5, 5.41) is 4.55. The summed E-state index contributed by atoms with van der Waals surface area (Å²) in [4.78, 5) is 10.5. The summed E-state index contributed by atoms with van der Waals surface area (Å²) < 4.78 is 8.81. The third-order valence-corrected chi connectivity index (χ3v) is 9.64. The van der Waals surface area contributed by atoms with Crippen molar-refractivity contribution in [2.45, 2.75) is 0 Å². The fourth-order valence-corrected chi connectivity index (χ4v) is 7.24. The molecule has 50 heavy (non-hydrogen) atoms. The highest BCUT2D eigenvalue weighted by Crippen LogP contribution is 2.38. The second-order valence-electron chi connectivity index (χ2n) is 12.6. The van der Waals surface area contributed by atoms with Crippen LogP contribution in [0.4, 0.5) is 0 Å². The predicted molar refractivity (Wildman–Crippen MR) is 205 cm³/mol. The lowest BCUT2D eigenvalue weighted by molar-refractivity contribution is 0.669. The van der Waals surface area contributed by atoms with Crippen LogP contribution in [-0.2, 0) is 0 Å². The SMILES string of the molecule is c1ccc(-c2ccc(-c3cc(-c4ccc5c6ccccc6n(-c6ccccc6)c5c4)nc(-c4cccc5c4oc4ccccc45)n3)cc2)cc1. The van der Waals surface area contributed by atoms with Crippen LogP contribution in [0.3, 0.4) is 0 Å². The van der Waals surface area contributed by atoms with Gasteiger partial charge < -0.3 is 8.98 Å². The van der Waals surface area contributed by atoms with Gasteiger partial charge in [0.15, 0.2) is 5.82 Å². The number of furan rings is 1. The zero-order chi connectivity index (χ0) is 33.0. The molecule has 3 aromatic heterocycles. The molecule has 0 bridgehead atoms. The van der Waals surface area contributed by atoms with E-state index in [9.17, 15) is 0 Å². The second-order valence-corrected chi connectivity index (χ2v) is 12.6. The van der Waals surface area contributed by atoms with Crippen molar-refractivity contribution in [1.29, 1.82) is 0 Å². The minimum absolute atomic E-state index is 0.623. The minimum atomic E-state index is 0.623. The number of fused-ring (bicyclic) bond motifs is 6. The van der Waals surface area contributed by atoms with Crippen LogP contribution >= 0.6 is 0 Å². The van der Waals surface area contributed by atoms with E-state index in [1.54, 1.807) is 0 Å². The Kier molecular flexibility index (Phi) is 6.46. The first-order chi connectivity index (χ1) is 24.8. The van der Waals surface area contributed by atoms with Crippen LogP contribution in [0.15, 0.2) is 180 Å². The van der Waals surface area contributed by atoms with E-state index >= 15 is 0 Å². The zero-order valence-corrected chi connectivity index (χ0v) is 27.0. The molecule has 0 radical (unpaired) electrons. The van der Waals surface area contributed by atoms with Gasteiger partial charge in [-0.3, -0.25) is 0 Å². The van der Waals surface area contributed by atoms with Gasteiger partial charge in [0.25, 0.3) is 0 Å². The molecule has 7 aromatic carbocycles. The fraction of sp³-hybridized carbons (Fsp3) is 0. The fourth-order valence-electron chi connectivity index (χ4n) is 7.24. The highest BCUT2D eigenvalue weighted by atomic mass is 16.3. The van der Waals surface area contributed by atoms with Crippen LogP contribution in [0.5, 0.6) is 0 Å². The van der Waals surface area contributed by atoms with Gasteiger partial charge in [-0.1, -0.05) is 133 Å². The van der Waals surface area contributed by atoms with E-state index in [4.69, 9.17) is 14.4 Å².